The Balaban J connectivity index is 1.43. The van der Waals surface area contributed by atoms with Gasteiger partial charge in [-0.25, -0.2) is 0 Å². The van der Waals surface area contributed by atoms with Crippen molar-refractivity contribution < 1.29 is 4.79 Å². The highest BCUT2D eigenvalue weighted by molar-refractivity contribution is 9.10. The summed E-state index contributed by atoms with van der Waals surface area (Å²) in [5.41, 5.74) is 0.818. The third-order valence-corrected chi connectivity index (χ3v) is 5.58. The number of aromatic nitrogens is 1. The molecule has 4 rings (SSSR count). The first-order valence-corrected chi connectivity index (χ1v) is 8.92. The number of hydrogen-bond donors (Lipinski definition) is 1. The zero-order chi connectivity index (χ0) is 14.4. The summed E-state index contributed by atoms with van der Waals surface area (Å²) in [6, 6.07) is 3.54. The van der Waals surface area contributed by atoms with Gasteiger partial charge in [0.05, 0.1) is 0 Å². The van der Waals surface area contributed by atoms with Crippen molar-refractivity contribution in [3.8, 4) is 0 Å². The Labute approximate surface area is 134 Å². The lowest BCUT2D eigenvalue weighted by molar-refractivity contribution is 0.0886. The van der Waals surface area contributed by atoms with Crippen LogP contribution in [0.25, 0.3) is 0 Å². The Kier molecular flexibility index (Phi) is 3.58. The number of hydrogen-bond acceptors (Lipinski definition) is 2. The summed E-state index contributed by atoms with van der Waals surface area (Å²) in [7, 11) is 0. The summed E-state index contributed by atoms with van der Waals surface area (Å²) < 4.78 is 3.15. The summed E-state index contributed by atoms with van der Waals surface area (Å²) in [6.45, 7) is 2.39. The van der Waals surface area contributed by atoms with Crippen LogP contribution in [0.4, 0.5) is 0 Å². The zero-order valence-corrected chi connectivity index (χ0v) is 13.8. The summed E-state index contributed by atoms with van der Waals surface area (Å²) >= 11 is 3.50. The predicted octanol–water partition coefficient (Wildman–Crippen LogP) is 2.94. The van der Waals surface area contributed by atoms with Gasteiger partial charge in [-0.05, 0) is 67.1 Å². The molecular formula is C16H22BrN3O. The van der Waals surface area contributed by atoms with Crippen LogP contribution in [0.3, 0.4) is 0 Å². The van der Waals surface area contributed by atoms with Crippen molar-refractivity contribution in [3.05, 3.63) is 22.4 Å². The number of piperidine rings is 1. The molecule has 5 heteroatoms. The predicted molar refractivity (Wildman–Crippen MR) is 85.5 cm³/mol. The number of amides is 1. The van der Waals surface area contributed by atoms with Gasteiger partial charge in [-0.1, -0.05) is 0 Å². The van der Waals surface area contributed by atoms with E-state index in [1.807, 2.05) is 12.3 Å². The average Bonchev–Trinajstić information content (AvgIpc) is 3.07. The molecule has 1 aromatic heterocycles. The summed E-state index contributed by atoms with van der Waals surface area (Å²) in [4.78, 5) is 15.2. The number of carbonyl (C=O) groups excluding carboxylic acids is 1. The SMILES string of the molecule is O=C(NC1CCN2CCCC2C1)c1cc(Br)cn1C1CC1. The lowest BCUT2D eigenvalue weighted by atomic mass is 9.97. The Morgan fingerprint density at radius 2 is 2.05 bits per heavy atom. The van der Waals surface area contributed by atoms with Crippen LogP contribution in [0.1, 0.15) is 55.1 Å². The van der Waals surface area contributed by atoms with Crippen molar-refractivity contribution >= 4 is 21.8 Å². The summed E-state index contributed by atoms with van der Waals surface area (Å²) in [6.07, 6.45) is 9.28. The second-order valence-electron chi connectivity index (χ2n) is 6.71. The maximum Gasteiger partial charge on any atom is 0.268 e. The lowest BCUT2D eigenvalue weighted by Gasteiger charge is -2.35. The largest absolute Gasteiger partial charge is 0.348 e. The maximum atomic E-state index is 12.6. The zero-order valence-electron chi connectivity index (χ0n) is 12.2. The molecule has 2 aliphatic heterocycles. The molecule has 1 saturated carbocycles. The smallest absolute Gasteiger partial charge is 0.268 e. The molecule has 1 aliphatic carbocycles. The number of carbonyl (C=O) groups is 1. The van der Waals surface area contributed by atoms with Gasteiger partial charge < -0.3 is 14.8 Å². The molecule has 0 bridgehead atoms. The van der Waals surface area contributed by atoms with Gasteiger partial charge >= 0.3 is 0 Å². The number of nitrogens with zero attached hydrogens (tertiary/aromatic N) is 2. The minimum Gasteiger partial charge on any atom is -0.348 e. The molecule has 2 atom stereocenters. The number of halogens is 1. The maximum absolute atomic E-state index is 12.6. The van der Waals surface area contributed by atoms with E-state index in [9.17, 15) is 4.79 Å². The molecule has 1 aromatic rings. The van der Waals surface area contributed by atoms with Gasteiger partial charge in [-0.2, -0.15) is 0 Å². The molecule has 0 radical (unpaired) electrons. The van der Waals surface area contributed by atoms with Gasteiger partial charge in [-0.15, -0.1) is 0 Å². The van der Waals surface area contributed by atoms with E-state index >= 15 is 0 Å². The van der Waals surface area contributed by atoms with E-state index < -0.39 is 0 Å². The van der Waals surface area contributed by atoms with Crippen molar-refractivity contribution in [1.29, 1.82) is 0 Å². The van der Waals surface area contributed by atoms with Crippen molar-refractivity contribution in [2.45, 2.75) is 56.7 Å². The molecule has 0 spiro atoms. The van der Waals surface area contributed by atoms with E-state index in [1.165, 1.54) is 32.2 Å². The highest BCUT2D eigenvalue weighted by atomic mass is 79.9. The third kappa shape index (κ3) is 2.78. The second-order valence-corrected chi connectivity index (χ2v) is 7.62. The fourth-order valence-corrected chi connectivity index (χ4v) is 4.33. The van der Waals surface area contributed by atoms with Gasteiger partial charge in [0.25, 0.3) is 5.91 Å². The van der Waals surface area contributed by atoms with E-state index in [2.05, 4.69) is 30.7 Å². The molecule has 21 heavy (non-hydrogen) atoms. The molecule has 2 unspecified atom stereocenters. The average molecular weight is 352 g/mol. The van der Waals surface area contributed by atoms with Crippen LogP contribution < -0.4 is 5.32 Å². The number of nitrogens with one attached hydrogen (secondary N) is 1. The van der Waals surface area contributed by atoms with E-state index in [-0.39, 0.29) is 5.91 Å². The minimum atomic E-state index is 0.101. The molecule has 4 nitrogen and oxygen atoms in total. The van der Waals surface area contributed by atoms with E-state index in [0.29, 0.717) is 18.1 Å². The Bertz CT molecular complexity index is 552. The molecule has 1 amide bonds. The summed E-state index contributed by atoms with van der Waals surface area (Å²) in [5.74, 6) is 0.101. The fourth-order valence-electron chi connectivity index (χ4n) is 3.90. The standard InChI is InChI=1S/C16H22BrN3O/c17-11-8-15(20(10-11)13-3-4-13)16(21)18-12-5-7-19-6-1-2-14(19)9-12/h8,10,12-14H,1-7,9H2,(H,18,21). The van der Waals surface area contributed by atoms with Gasteiger partial charge in [0.2, 0.25) is 0 Å². The first-order chi connectivity index (χ1) is 10.2. The van der Waals surface area contributed by atoms with Crippen LogP contribution >= 0.6 is 15.9 Å². The van der Waals surface area contributed by atoms with Crippen LogP contribution in [0.2, 0.25) is 0 Å². The Hall–Kier alpha value is -0.810. The molecule has 0 aromatic carbocycles. The lowest BCUT2D eigenvalue weighted by Crippen LogP contribution is -2.47. The van der Waals surface area contributed by atoms with Crippen molar-refractivity contribution in [2.24, 2.45) is 0 Å². The van der Waals surface area contributed by atoms with Gasteiger partial charge in [-0.3, -0.25) is 4.79 Å². The highest BCUT2D eigenvalue weighted by Gasteiger charge is 2.33. The quantitative estimate of drug-likeness (QED) is 0.908. The van der Waals surface area contributed by atoms with Crippen molar-refractivity contribution in [1.82, 2.24) is 14.8 Å². The molecule has 3 aliphatic rings. The normalized spacial score (nSPS) is 29.4. The van der Waals surface area contributed by atoms with Crippen LogP contribution in [0, 0.1) is 0 Å². The molecular weight excluding hydrogens is 330 g/mol. The highest BCUT2D eigenvalue weighted by Crippen LogP contribution is 2.37. The third-order valence-electron chi connectivity index (χ3n) is 5.14. The van der Waals surface area contributed by atoms with Crippen molar-refractivity contribution in [3.63, 3.8) is 0 Å². The molecule has 3 fully saturated rings. The second kappa shape index (κ2) is 5.43. The van der Waals surface area contributed by atoms with Crippen LogP contribution in [-0.4, -0.2) is 40.5 Å². The van der Waals surface area contributed by atoms with Crippen LogP contribution in [0.15, 0.2) is 16.7 Å². The van der Waals surface area contributed by atoms with E-state index in [4.69, 9.17) is 0 Å². The summed E-state index contributed by atoms with van der Waals surface area (Å²) in [5, 5.41) is 3.28. The molecule has 114 valence electrons. The minimum absolute atomic E-state index is 0.101. The first kappa shape index (κ1) is 13.8. The molecule has 1 N–H and O–H groups in total. The Morgan fingerprint density at radius 3 is 2.86 bits per heavy atom. The topological polar surface area (TPSA) is 37.3 Å². The van der Waals surface area contributed by atoms with Gasteiger partial charge in [0.1, 0.15) is 5.69 Å². The van der Waals surface area contributed by atoms with Gasteiger partial charge in [0.15, 0.2) is 0 Å². The number of rotatable bonds is 3. The van der Waals surface area contributed by atoms with E-state index in [1.54, 1.807) is 0 Å². The van der Waals surface area contributed by atoms with Crippen LogP contribution in [-0.2, 0) is 0 Å². The first-order valence-electron chi connectivity index (χ1n) is 8.13. The van der Waals surface area contributed by atoms with E-state index in [0.717, 1.165) is 29.6 Å². The number of fused-ring (bicyclic) bond motifs is 1. The Morgan fingerprint density at radius 1 is 1.19 bits per heavy atom. The molecule has 2 saturated heterocycles. The monoisotopic (exact) mass is 351 g/mol. The van der Waals surface area contributed by atoms with Crippen molar-refractivity contribution in [2.75, 3.05) is 13.1 Å². The molecule has 3 heterocycles. The fraction of sp³-hybridized carbons (Fsp3) is 0.688. The van der Waals surface area contributed by atoms with Gasteiger partial charge in [0, 0.05) is 35.3 Å². The van der Waals surface area contributed by atoms with Crippen LogP contribution in [0.5, 0.6) is 0 Å².